The number of rotatable bonds is 3. The number of benzene rings is 1. The highest BCUT2D eigenvalue weighted by Gasteiger charge is 2.15. The van der Waals surface area contributed by atoms with Gasteiger partial charge >= 0.3 is 0 Å². The Morgan fingerprint density at radius 1 is 1.00 bits per heavy atom. The zero-order valence-electron chi connectivity index (χ0n) is 10.3. The van der Waals surface area contributed by atoms with Gasteiger partial charge in [0.05, 0.1) is 7.11 Å². The summed E-state index contributed by atoms with van der Waals surface area (Å²) in [7, 11) is 1.73. The van der Waals surface area contributed by atoms with Crippen LogP contribution < -0.4 is 10.5 Å². The molecule has 0 amide bonds. The molecule has 0 unspecified atom stereocenters. The first-order valence-electron chi connectivity index (χ1n) is 5.44. The number of nitrogen functional groups attached to an aromatic ring is 1. The number of anilines is 1. The van der Waals surface area contributed by atoms with Crippen molar-refractivity contribution < 1.29 is 4.74 Å². The van der Waals surface area contributed by atoms with Crippen LogP contribution in [0.15, 0.2) is 12.1 Å². The molecule has 0 aliphatic carbocycles. The SMILES string of the molecule is COc1c(C(C)C)cc(N)cc1C(C)C. The second-order valence-corrected chi connectivity index (χ2v) is 4.54. The summed E-state index contributed by atoms with van der Waals surface area (Å²) >= 11 is 0. The molecule has 2 nitrogen and oxygen atoms in total. The van der Waals surface area contributed by atoms with E-state index in [-0.39, 0.29) is 0 Å². The van der Waals surface area contributed by atoms with Crippen molar-refractivity contribution in [3.05, 3.63) is 23.3 Å². The van der Waals surface area contributed by atoms with Gasteiger partial charge in [0.25, 0.3) is 0 Å². The summed E-state index contributed by atoms with van der Waals surface area (Å²) in [6.07, 6.45) is 0. The van der Waals surface area contributed by atoms with Crippen molar-refractivity contribution in [3.63, 3.8) is 0 Å². The van der Waals surface area contributed by atoms with Crippen LogP contribution >= 0.6 is 0 Å². The zero-order chi connectivity index (χ0) is 11.6. The summed E-state index contributed by atoms with van der Waals surface area (Å²) < 4.78 is 5.50. The summed E-state index contributed by atoms with van der Waals surface area (Å²) in [5.41, 5.74) is 9.12. The molecule has 0 bridgehead atoms. The second kappa shape index (κ2) is 4.56. The van der Waals surface area contributed by atoms with Crippen molar-refractivity contribution in [2.45, 2.75) is 39.5 Å². The molecule has 15 heavy (non-hydrogen) atoms. The maximum atomic E-state index is 5.90. The molecular weight excluding hydrogens is 186 g/mol. The topological polar surface area (TPSA) is 35.2 Å². The fourth-order valence-corrected chi connectivity index (χ4v) is 1.79. The molecule has 1 aromatic rings. The van der Waals surface area contributed by atoms with Crippen LogP contribution in [0.3, 0.4) is 0 Å². The molecule has 0 saturated heterocycles. The minimum Gasteiger partial charge on any atom is -0.496 e. The largest absolute Gasteiger partial charge is 0.496 e. The Labute approximate surface area is 92.4 Å². The lowest BCUT2D eigenvalue weighted by molar-refractivity contribution is 0.400. The van der Waals surface area contributed by atoms with Gasteiger partial charge in [0.1, 0.15) is 5.75 Å². The molecule has 0 spiro atoms. The van der Waals surface area contributed by atoms with Gasteiger partial charge < -0.3 is 10.5 Å². The van der Waals surface area contributed by atoms with E-state index in [1.165, 1.54) is 11.1 Å². The van der Waals surface area contributed by atoms with E-state index >= 15 is 0 Å². The van der Waals surface area contributed by atoms with Crippen LogP contribution in [-0.2, 0) is 0 Å². The zero-order valence-corrected chi connectivity index (χ0v) is 10.3. The Hall–Kier alpha value is -1.18. The van der Waals surface area contributed by atoms with Crippen LogP contribution in [0, 0.1) is 0 Å². The molecule has 0 fully saturated rings. The molecule has 0 aliphatic heterocycles. The van der Waals surface area contributed by atoms with Crippen molar-refractivity contribution in [2.75, 3.05) is 12.8 Å². The molecular formula is C13H21NO. The van der Waals surface area contributed by atoms with Crippen LogP contribution in [0.2, 0.25) is 0 Å². The van der Waals surface area contributed by atoms with Crippen LogP contribution in [0.4, 0.5) is 5.69 Å². The van der Waals surface area contributed by atoms with Gasteiger partial charge in [0.15, 0.2) is 0 Å². The summed E-state index contributed by atoms with van der Waals surface area (Å²) in [6, 6.07) is 4.02. The van der Waals surface area contributed by atoms with Crippen molar-refractivity contribution in [1.29, 1.82) is 0 Å². The minimum atomic E-state index is 0.431. The number of hydrogen-bond acceptors (Lipinski definition) is 2. The van der Waals surface area contributed by atoms with Gasteiger partial charge in [-0.25, -0.2) is 0 Å². The maximum Gasteiger partial charge on any atom is 0.125 e. The van der Waals surface area contributed by atoms with Gasteiger partial charge in [-0.15, -0.1) is 0 Å². The first-order chi connectivity index (χ1) is 6.97. The van der Waals surface area contributed by atoms with Crippen LogP contribution in [-0.4, -0.2) is 7.11 Å². The highest BCUT2D eigenvalue weighted by molar-refractivity contribution is 5.55. The van der Waals surface area contributed by atoms with E-state index in [1.807, 2.05) is 12.1 Å². The standard InChI is InChI=1S/C13H21NO/c1-8(2)11-6-10(14)7-12(9(3)4)13(11)15-5/h6-9H,14H2,1-5H3. The molecule has 84 valence electrons. The van der Waals surface area contributed by atoms with Crippen LogP contribution in [0.1, 0.15) is 50.7 Å². The van der Waals surface area contributed by atoms with Gasteiger partial charge in [-0.05, 0) is 35.1 Å². The average molecular weight is 207 g/mol. The smallest absolute Gasteiger partial charge is 0.125 e. The summed E-state index contributed by atoms with van der Waals surface area (Å²) in [5.74, 6) is 1.86. The summed E-state index contributed by atoms with van der Waals surface area (Å²) in [4.78, 5) is 0. The molecule has 0 aromatic heterocycles. The van der Waals surface area contributed by atoms with Gasteiger partial charge in [-0.3, -0.25) is 0 Å². The molecule has 0 saturated carbocycles. The molecule has 2 N–H and O–H groups in total. The molecule has 0 radical (unpaired) electrons. The van der Waals surface area contributed by atoms with Crippen molar-refractivity contribution in [3.8, 4) is 5.75 Å². The predicted molar refractivity (Wildman–Crippen MR) is 65.6 cm³/mol. The number of ether oxygens (including phenoxy) is 1. The molecule has 1 aromatic carbocycles. The Morgan fingerprint density at radius 3 is 1.67 bits per heavy atom. The Kier molecular flexibility index (Phi) is 3.61. The van der Waals surface area contributed by atoms with Crippen LogP contribution in [0.25, 0.3) is 0 Å². The predicted octanol–water partition coefficient (Wildman–Crippen LogP) is 3.52. The first-order valence-corrected chi connectivity index (χ1v) is 5.44. The van der Waals surface area contributed by atoms with Crippen molar-refractivity contribution in [1.82, 2.24) is 0 Å². The maximum absolute atomic E-state index is 5.90. The van der Waals surface area contributed by atoms with E-state index in [0.29, 0.717) is 11.8 Å². The molecule has 0 aliphatic rings. The third-order valence-corrected chi connectivity index (χ3v) is 2.62. The van der Waals surface area contributed by atoms with E-state index in [9.17, 15) is 0 Å². The molecule has 1 rings (SSSR count). The van der Waals surface area contributed by atoms with Gasteiger partial charge in [-0.2, -0.15) is 0 Å². The lowest BCUT2D eigenvalue weighted by Crippen LogP contribution is -2.02. The van der Waals surface area contributed by atoms with Gasteiger partial charge in [0.2, 0.25) is 0 Å². The second-order valence-electron chi connectivity index (χ2n) is 4.54. The first kappa shape index (κ1) is 11.9. The number of nitrogens with two attached hydrogens (primary N) is 1. The third-order valence-electron chi connectivity index (χ3n) is 2.62. The Morgan fingerprint density at radius 2 is 1.40 bits per heavy atom. The molecule has 0 atom stereocenters. The fourth-order valence-electron chi connectivity index (χ4n) is 1.79. The molecule has 0 heterocycles. The van der Waals surface area contributed by atoms with E-state index < -0.39 is 0 Å². The number of methoxy groups -OCH3 is 1. The molecule has 2 heteroatoms. The monoisotopic (exact) mass is 207 g/mol. The van der Waals surface area contributed by atoms with Crippen LogP contribution in [0.5, 0.6) is 5.75 Å². The summed E-state index contributed by atoms with van der Waals surface area (Å²) in [6.45, 7) is 8.62. The average Bonchev–Trinajstić information content (AvgIpc) is 2.16. The fraction of sp³-hybridized carbons (Fsp3) is 0.538. The lowest BCUT2D eigenvalue weighted by Gasteiger charge is -2.19. The van der Waals surface area contributed by atoms with E-state index in [1.54, 1.807) is 7.11 Å². The Bertz CT molecular complexity index is 313. The van der Waals surface area contributed by atoms with Crippen molar-refractivity contribution in [2.24, 2.45) is 0 Å². The van der Waals surface area contributed by atoms with E-state index in [4.69, 9.17) is 10.5 Å². The highest BCUT2D eigenvalue weighted by atomic mass is 16.5. The highest BCUT2D eigenvalue weighted by Crippen LogP contribution is 2.36. The minimum absolute atomic E-state index is 0.431. The van der Waals surface area contributed by atoms with Gasteiger partial charge in [0, 0.05) is 5.69 Å². The van der Waals surface area contributed by atoms with E-state index in [2.05, 4.69) is 27.7 Å². The number of hydrogen-bond donors (Lipinski definition) is 1. The normalized spacial score (nSPS) is 11.1. The third kappa shape index (κ3) is 2.44. The summed E-state index contributed by atoms with van der Waals surface area (Å²) in [5, 5.41) is 0. The Balaban J connectivity index is 3.38. The lowest BCUT2D eigenvalue weighted by atomic mass is 9.93. The van der Waals surface area contributed by atoms with Gasteiger partial charge in [-0.1, -0.05) is 27.7 Å². The van der Waals surface area contributed by atoms with E-state index in [0.717, 1.165) is 11.4 Å². The van der Waals surface area contributed by atoms with Crippen molar-refractivity contribution >= 4 is 5.69 Å². The quantitative estimate of drug-likeness (QED) is 0.770.